The summed E-state index contributed by atoms with van der Waals surface area (Å²) in [6.45, 7) is 0. The zero-order valence-electron chi connectivity index (χ0n) is 7.17. The van der Waals surface area contributed by atoms with Gasteiger partial charge in [0.05, 0.1) is 15.5 Å². The minimum absolute atomic E-state index is 0.272. The minimum atomic E-state index is -2.41. The highest BCUT2D eigenvalue weighted by atomic mass is 32.2. The van der Waals surface area contributed by atoms with E-state index in [-0.39, 0.29) is 5.75 Å². The van der Waals surface area contributed by atoms with Crippen LogP contribution in [0.2, 0.25) is 0 Å². The van der Waals surface area contributed by atoms with Gasteiger partial charge in [0.15, 0.2) is 0 Å². The van der Waals surface area contributed by atoms with Gasteiger partial charge in [-0.3, -0.25) is 4.98 Å². The molecule has 0 N–H and O–H groups in total. The number of aromatic nitrogens is 1. The van der Waals surface area contributed by atoms with Gasteiger partial charge >= 0.3 is 0 Å². The molecule has 0 aliphatic carbocycles. The number of hydrogen-bond donors (Lipinski definition) is 0. The van der Waals surface area contributed by atoms with Gasteiger partial charge in [0, 0.05) is 18.6 Å². The first kappa shape index (κ1) is 9.68. The maximum Gasteiger partial charge on any atom is 0.214 e. The van der Waals surface area contributed by atoms with Gasteiger partial charge in [-0.1, -0.05) is 6.07 Å². The molecule has 0 saturated heterocycles. The van der Waals surface area contributed by atoms with Crippen molar-refractivity contribution >= 4 is 9.73 Å². The lowest BCUT2D eigenvalue weighted by molar-refractivity contribution is 0.680. The molecule has 4 nitrogen and oxygen atoms in total. The fourth-order valence-corrected chi connectivity index (χ4v) is 1.94. The molecule has 1 aromatic heterocycles. The molecule has 0 amide bonds. The lowest BCUT2D eigenvalue weighted by atomic mass is 10.3. The molecule has 1 atom stereocenters. The number of nitriles is 1. The van der Waals surface area contributed by atoms with E-state index in [9.17, 15) is 4.21 Å². The molecule has 5 heteroatoms. The highest BCUT2D eigenvalue weighted by Crippen LogP contribution is 2.04. The van der Waals surface area contributed by atoms with Crippen LogP contribution in [0.25, 0.3) is 0 Å². The zero-order valence-corrected chi connectivity index (χ0v) is 7.99. The lowest BCUT2D eigenvalue weighted by Crippen LogP contribution is -2.00. The molecule has 1 aromatic rings. The summed E-state index contributed by atoms with van der Waals surface area (Å²) in [5.74, 6) is 0.272. The van der Waals surface area contributed by atoms with Crippen LogP contribution in [0.4, 0.5) is 0 Å². The average Bonchev–Trinajstić information content (AvgIpc) is 2.04. The third-order valence-corrected chi connectivity index (χ3v) is 2.73. The van der Waals surface area contributed by atoms with Crippen molar-refractivity contribution in [2.24, 2.45) is 4.36 Å². The van der Waals surface area contributed by atoms with Gasteiger partial charge in [-0.2, -0.15) is 5.26 Å². The molecular formula is C8H9N3OS. The van der Waals surface area contributed by atoms with Crippen molar-refractivity contribution in [3.63, 3.8) is 0 Å². The Morgan fingerprint density at radius 3 is 3.08 bits per heavy atom. The first-order valence-corrected chi connectivity index (χ1v) is 5.70. The molecule has 0 aliphatic heterocycles. The van der Waals surface area contributed by atoms with Crippen LogP contribution in [0, 0.1) is 11.5 Å². The Morgan fingerprint density at radius 1 is 1.77 bits per heavy atom. The highest BCUT2D eigenvalue weighted by Gasteiger charge is 2.02. The van der Waals surface area contributed by atoms with Crippen molar-refractivity contribution < 1.29 is 4.21 Å². The maximum absolute atomic E-state index is 11.5. The maximum atomic E-state index is 11.5. The van der Waals surface area contributed by atoms with Crippen LogP contribution in [0.3, 0.4) is 0 Å². The summed E-state index contributed by atoms with van der Waals surface area (Å²) in [6.07, 6.45) is 6.28. The molecular weight excluding hydrogens is 186 g/mol. The van der Waals surface area contributed by atoms with E-state index in [2.05, 4.69) is 9.35 Å². The SMILES string of the molecule is CS(=O)(Cc1cccnc1)=NC#N. The summed E-state index contributed by atoms with van der Waals surface area (Å²) in [7, 11) is -2.41. The fourth-order valence-electron chi connectivity index (χ4n) is 0.911. The molecule has 0 fully saturated rings. The molecule has 1 unspecified atom stereocenters. The largest absolute Gasteiger partial charge is 0.264 e. The fraction of sp³-hybridized carbons (Fsp3) is 0.250. The predicted molar refractivity (Wildman–Crippen MR) is 50.0 cm³/mol. The summed E-state index contributed by atoms with van der Waals surface area (Å²) in [6, 6.07) is 3.57. The van der Waals surface area contributed by atoms with Gasteiger partial charge in [-0.05, 0) is 11.6 Å². The van der Waals surface area contributed by atoms with E-state index in [1.165, 1.54) is 6.26 Å². The Bertz CT molecular complexity index is 426. The van der Waals surface area contributed by atoms with Gasteiger partial charge < -0.3 is 0 Å². The Balaban J connectivity index is 2.90. The first-order valence-electron chi connectivity index (χ1n) is 3.61. The average molecular weight is 195 g/mol. The topological polar surface area (TPSA) is 66.1 Å². The van der Waals surface area contributed by atoms with Crippen LogP contribution >= 0.6 is 0 Å². The molecule has 0 spiro atoms. The van der Waals surface area contributed by atoms with E-state index in [1.807, 2.05) is 6.07 Å². The molecule has 0 saturated carbocycles. The summed E-state index contributed by atoms with van der Waals surface area (Å²) in [5, 5.41) is 8.27. The van der Waals surface area contributed by atoms with Crippen LogP contribution < -0.4 is 0 Å². The van der Waals surface area contributed by atoms with Gasteiger partial charge in [-0.15, -0.1) is 4.36 Å². The van der Waals surface area contributed by atoms with E-state index in [4.69, 9.17) is 5.26 Å². The molecule has 0 radical (unpaired) electrons. The van der Waals surface area contributed by atoms with Crippen LogP contribution in [0.1, 0.15) is 5.56 Å². The monoisotopic (exact) mass is 195 g/mol. The Hall–Kier alpha value is -1.41. The van der Waals surface area contributed by atoms with Crippen LogP contribution in [0.15, 0.2) is 28.9 Å². The highest BCUT2D eigenvalue weighted by molar-refractivity contribution is 7.92. The van der Waals surface area contributed by atoms with Crippen LogP contribution in [-0.4, -0.2) is 15.4 Å². The van der Waals surface area contributed by atoms with Crippen molar-refractivity contribution in [2.75, 3.05) is 6.26 Å². The normalized spacial score (nSPS) is 14.2. The molecule has 1 rings (SSSR count). The minimum Gasteiger partial charge on any atom is -0.264 e. The number of rotatable bonds is 2. The van der Waals surface area contributed by atoms with Crippen LogP contribution in [-0.2, 0) is 15.5 Å². The first-order chi connectivity index (χ1) is 6.14. The molecule has 0 aliphatic rings. The number of pyridine rings is 1. The molecule has 68 valence electrons. The number of hydrogen-bond acceptors (Lipinski definition) is 4. The zero-order chi connectivity index (χ0) is 9.73. The summed E-state index contributed by atoms with van der Waals surface area (Å²) in [5.41, 5.74) is 0.828. The Kier molecular flexibility index (Phi) is 2.98. The van der Waals surface area contributed by atoms with E-state index in [0.717, 1.165) is 5.56 Å². The van der Waals surface area contributed by atoms with Crippen molar-refractivity contribution in [1.82, 2.24) is 4.98 Å². The third-order valence-electron chi connectivity index (χ3n) is 1.39. The molecule has 0 aromatic carbocycles. The smallest absolute Gasteiger partial charge is 0.214 e. The Morgan fingerprint density at radius 2 is 2.54 bits per heavy atom. The second kappa shape index (κ2) is 4.01. The third kappa shape index (κ3) is 3.22. The van der Waals surface area contributed by atoms with E-state index < -0.39 is 9.73 Å². The lowest BCUT2D eigenvalue weighted by Gasteiger charge is -1.99. The molecule has 13 heavy (non-hydrogen) atoms. The van der Waals surface area contributed by atoms with E-state index in [0.29, 0.717) is 0 Å². The van der Waals surface area contributed by atoms with Gasteiger partial charge in [0.2, 0.25) is 6.19 Å². The standard InChI is InChI=1S/C8H9N3OS/c1-13(12,11-7-9)6-8-3-2-4-10-5-8/h2-5H,6H2,1H3. The van der Waals surface area contributed by atoms with Crippen molar-refractivity contribution in [3.8, 4) is 6.19 Å². The second-order valence-corrected chi connectivity index (χ2v) is 5.05. The summed E-state index contributed by atoms with van der Waals surface area (Å²) < 4.78 is 14.9. The van der Waals surface area contributed by atoms with E-state index in [1.54, 1.807) is 24.7 Å². The molecule has 0 bridgehead atoms. The van der Waals surface area contributed by atoms with E-state index >= 15 is 0 Å². The van der Waals surface area contributed by atoms with Gasteiger partial charge in [-0.25, -0.2) is 4.21 Å². The van der Waals surface area contributed by atoms with Gasteiger partial charge in [0.1, 0.15) is 0 Å². The molecule has 1 heterocycles. The van der Waals surface area contributed by atoms with Crippen LogP contribution in [0.5, 0.6) is 0 Å². The summed E-state index contributed by atoms with van der Waals surface area (Å²) >= 11 is 0. The predicted octanol–water partition coefficient (Wildman–Crippen LogP) is 1.16. The summed E-state index contributed by atoms with van der Waals surface area (Å²) in [4.78, 5) is 3.88. The Labute approximate surface area is 77.4 Å². The number of nitrogens with zero attached hydrogens (tertiary/aromatic N) is 3. The van der Waals surface area contributed by atoms with Crippen molar-refractivity contribution in [2.45, 2.75) is 5.75 Å². The van der Waals surface area contributed by atoms with Gasteiger partial charge in [0.25, 0.3) is 0 Å². The second-order valence-electron chi connectivity index (χ2n) is 2.66. The van der Waals surface area contributed by atoms with Crippen molar-refractivity contribution in [1.29, 1.82) is 5.26 Å². The quantitative estimate of drug-likeness (QED) is 0.665. The van der Waals surface area contributed by atoms with Crippen molar-refractivity contribution in [3.05, 3.63) is 30.1 Å².